The molecule has 0 aliphatic carbocycles. The van der Waals surface area contributed by atoms with E-state index in [2.05, 4.69) is 6.92 Å². The molecule has 0 spiro atoms. The van der Waals surface area contributed by atoms with Crippen molar-refractivity contribution in [1.82, 2.24) is 0 Å². The molecule has 0 aliphatic heterocycles. The van der Waals surface area contributed by atoms with Crippen molar-refractivity contribution in [3.05, 3.63) is 0 Å². The summed E-state index contributed by atoms with van der Waals surface area (Å²) in [6.45, 7) is 2.30. The second-order valence-corrected chi connectivity index (χ2v) is 7.78. The van der Waals surface area contributed by atoms with Gasteiger partial charge in [-0.1, -0.05) is 39.0 Å². The molecule has 0 aromatic carbocycles. The van der Waals surface area contributed by atoms with Crippen molar-refractivity contribution < 1.29 is 13.5 Å². The molecule has 104 valence electrons. The van der Waals surface area contributed by atoms with Crippen molar-refractivity contribution in [2.45, 2.75) is 45.4 Å². The number of thioether (sulfide) groups is 1. The number of unbranched alkanes of at least 4 members (excludes halogenated alkanes) is 5. The first-order chi connectivity index (χ1) is 8.12. The quantitative estimate of drug-likeness (QED) is 0.559. The van der Waals surface area contributed by atoms with Gasteiger partial charge in [0.05, 0.1) is 18.1 Å². The molecule has 0 saturated carbocycles. The van der Waals surface area contributed by atoms with E-state index >= 15 is 0 Å². The monoisotopic (exact) mass is 282 g/mol. The molecule has 0 atom stereocenters. The van der Waals surface area contributed by atoms with Gasteiger partial charge in [0.2, 0.25) is 0 Å². The van der Waals surface area contributed by atoms with Gasteiger partial charge in [-0.2, -0.15) is 11.8 Å². The molecule has 5 heteroatoms. The Balaban J connectivity index is 3.44. The zero-order chi connectivity index (χ0) is 13.0. The van der Waals surface area contributed by atoms with Crippen molar-refractivity contribution in [2.24, 2.45) is 0 Å². The van der Waals surface area contributed by atoms with Crippen LogP contribution in [-0.2, 0) is 9.84 Å². The third-order valence-corrected chi connectivity index (χ3v) is 5.54. The maximum absolute atomic E-state index is 11.6. The van der Waals surface area contributed by atoms with Crippen LogP contribution in [0.2, 0.25) is 0 Å². The Hall–Kier alpha value is 0.260. The van der Waals surface area contributed by atoms with E-state index in [1.807, 2.05) is 0 Å². The van der Waals surface area contributed by atoms with Gasteiger partial charge in [-0.3, -0.25) is 0 Å². The highest BCUT2D eigenvalue weighted by atomic mass is 32.2. The van der Waals surface area contributed by atoms with E-state index in [1.54, 1.807) is 0 Å². The van der Waals surface area contributed by atoms with Crippen molar-refractivity contribution in [3.63, 3.8) is 0 Å². The zero-order valence-electron chi connectivity index (χ0n) is 10.9. The predicted molar refractivity (Wildman–Crippen MR) is 76.4 cm³/mol. The minimum absolute atomic E-state index is 0.127. The summed E-state index contributed by atoms with van der Waals surface area (Å²) >= 11 is 1.50. The molecule has 0 aliphatic rings. The highest BCUT2D eigenvalue weighted by molar-refractivity contribution is 8.00. The molecule has 1 N–H and O–H groups in total. The van der Waals surface area contributed by atoms with Crippen molar-refractivity contribution >= 4 is 21.6 Å². The Bertz CT molecular complexity index is 250. The van der Waals surface area contributed by atoms with E-state index in [0.717, 1.165) is 19.3 Å². The molecule has 3 nitrogen and oxygen atoms in total. The van der Waals surface area contributed by atoms with Crippen molar-refractivity contribution in [2.75, 3.05) is 29.6 Å². The van der Waals surface area contributed by atoms with E-state index in [0.29, 0.717) is 17.3 Å². The number of aliphatic hydroxyl groups is 1. The molecular weight excluding hydrogens is 256 g/mol. The fourth-order valence-corrected chi connectivity index (χ4v) is 4.23. The average molecular weight is 282 g/mol. The number of hydrogen-bond donors (Lipinski definition) is 1. The summed E-state index contributed by atoms with van der Waals surface area (Å²) in [7, 11) is -2.86. The summed E-state index contributed by atoms with van der Waals surface area (Å²) in [6.07, 6.45) is 6.69. The second-order valence-electron chi connectivity index (χ2n) is 4.26. The molecular formula is C12H26O3S2. The van der Waals surface area contributed by atoms with E-state index in [4.69, 9.17) is 5.11 Å². The first-order valence-electron chi connectivity index (χ1n) is 6.51. The molecule has 0 rings (SSSR count). The first-order valence-corrected chi connectivity index (χ1v) is 9.49. The lowest BCUT2D eigenvalue weighted by molar-refractivity contribution is 0.322. The van der Waals surface area contributed by atoms with Crippen LogP contribution in [0.25, 0.3) is 0 Å². The fraction of sp³-hybridized carbons (Fsp3) is 1.00. The van der Waals surface area contributed by atoms with Gasteiger partial charge in [0.15, 0.2) is 9.84 Å². The number of sulfone groups is 1. The third-order valence-electron chi connectivity index (χ3n) is 2.58. The van der Waals surface area contributed by atoms with Gasteiger partial charge in [-0.25, -0.2) is 8.42 Å². The molecule has 0 amide bonds. The van der Waals surface area contributed by atoms with Crippen molar-refractivity contribution in [1.29, 1.82) is 0 Å². The van der Waals surface area contributed by atoms with Crippen LogP contribution >= 0.6 is 11.8 Å². The molecule has 0 saturated heterocycles. The lowest BCUT2D eigenvalue weighted by Gasteiger charge is -2.04. The minimum atomic E-state index is -2.86. The van der Waals surface area contributed by atoms with Crippen LogP contribution in [0.4, 0.5) is 0 Å². The smallest absolute Gasteiger partial charge is 0.151 e. The summed E-state index contributed by atoms with van der Waals surface area (Å²) < 4.78 is 23.2. The normalized spacial score (nSPS) is 11.9. The Labute approximate surface area is 110 Å². The molecule has 0 radical (unpaired) electrons. The van der Waals surface area contributed by atoms with Gasteiger partial charge in [0, 0.05) is 11.5 Å². The third kappa shape index (κ3) is 12.5. The lowest BCUT2D eigenvalue weighted by Crippen LogP contribution is -2.13. The van der Waals surface area contributed by atoms with E-state index in [-0.39, 0.29) is 12.4 Å². The van der Waals surface area contributed by atoms with Gasteiger partial charge < -0.3 is 5.11 Å². The zero-order valence-corrected chi connectivity index (χ0v) is 12.5. The lowest BCUT2D eigenvalue weighted by atomic mass is 10.1. The Morgan fingerprint density at radius 1 is 0.941 bits per heavy atom. The number of aliphatic hydroxyl groups excluding tert-OH is 1. The van der Waals surface area contributed by atoms with Crippen LogP contribution in [0, 0.1) is 0 Å². The molecule has 0 unspecified atom stereocenters. The summed E-state index contributed by atoms with van der Waals surface area (Å²) in [5, 5.41) is 8.57. The van der Waals surface area contributed by atoms with Gasteiger partial charge in [0.25, 0.3) is 0 Å². The Morgan fingerprint density at radius 2 is 1.59 bits per heavy atom. The van der Waals surface area contributed by atoms with Crippen LogP contribution in [0.3, 0.4) is 0 Å². The Morgan fingerprint density at radius 3 is 2.24 bits per heavy atom. The largest absolute Gasteiger partial charge is 0.396 e. The number of hydrogen-bond acceptors (Lipinski definition) is 4. The van der Waals surface area contributed by atoms with Crippen LogP contribution in [0.5, 0.6) is 0 Å². The molecule has 0 fully saturated rings. The standard InChI is InChI=1S/C12H26O3S2/c1-2-3-4-5-6-7-11-17(14,15)12-10-16-9-8-13/h13H,2-12H2,1H3. The summed E-state index contributed by atoms with van der Waals surface area (Å²) in [5.74, 6) is 1.83. The maximum atomic E-state index is 11.6. The first kappa shape index (κ1) is 17.3. The van der Waals surface area contributed by atoms with Crippen molar-refractivity contribution in [3.8, 4) is 0 Å². The summed E-state index contributed by atoms with van der Waals surface area (Å²) in [6, 6.07) is 0. The van der Waals surface area contributed by atoms with Crippen LogP contribution in [0.15, 0.2) is 0 Å². The van der Waals surface area contributed by atoms with E-state index < -0.39 is 9.84 Å². The molecule has 0 bridgehead atoms. The molecule has 0 aromatic heterocycles. The highest BCUT2D eigenvalue weighted by Gasteiger charge is 2.09. The van der Waals surface area contributed by atoms with E-state index in [9.17, 15) is 8.42 Å². The molecule has 0 aromatic rings. The van der Waals surface area contributed by atoms with Crippen LogP contribution in [-0.4, -0.2) is 43.1 Å². The Kier molecular flexibility index (Phi) is 11.5. The molecule has 0 heterocycles. The number of rotatable bonds is 12. The van der Waals surface area contributed by atoms with Crippen LogP contribution < -0.4 is 0 Å². The fourth-order valence-electron chi connectivity index (χ4n) is 1.56. The van der Waals surface area contributed by atoms with Gasteiger partial charge in [-0.15, -0.1) is 0 Å². The van der Waals surface area contributed by atoms with Gasteiger partial charge >= 0.3 is 0 Å². The summed E-state index contributed by atoms with van der Waals surface area (Å²) in [5.41, 5.74) is 0. The topological polar surface area (TPSA) is 54.4 Å². The van der Waals surface area contributed by atoms with E-state index in [1.165, 1.54) is 31.0 Å². The minimum Gasteiger partial charge on any atom is -0.396 e. The second kappa shape index (κ2) is 11.4. The highest BCUT2D eigenvalue weighted by Crippen LogP contribution is 2.08. The maximum Gasteiger partial charge on any atom is 0.151 e. The SMILES string of the molecule is CCCCCCCCS(=O)(=O)CCSCCO. The van der Waals surface area contributed by atoms with Crippen LogP contribution in [0.1, 0.15) is 45.4 Å². The molecule has 17 heavy (non-hydrogen) atoms. The van der Waals surface area contributed by atoms with Gasteiger partial charge in [-0.05, 0) is 6.42 Å². The summed E-state index contributed by atoms with van der Waals surface area (Å²) in [4.78, 5) is 0. The predicted octanol–water partition coefficient (Wildman–Crippen LogP) is 2.49. The van der Waals surface area contributed by atoms with Gasteiger partial charge in [0.1, 0.15) is 0 Å². The average Bonchev–Trinajstić information content (AvgIpc) is 2.29.